The maximum Gasteiger partial charge on any atom is 0.416 e. The van der Waals surface area contributed by atoms with Crippen molar-refractivity contribution in [3.63, 3.8) is 0 Å². The predicted molar refractivity (Wildman–Crippen MR) is 61.9 cm³/mol. The molecule has 0 saturated heterocycles. The van der Waals surface area contributed by atoms with Gasteiger partial charge in [0.05, 0.1) is 11.5 Å². The number of halogens is 4. The minimum Gasteiger partial charge on any atom is -0.294 e. The monoisotopic (exact) mass is 280 g/mol. The van der Waals surface area contributed by atoms with E-state index in [9.17, 15) is 18.0 Å². The highest BCUT2D eigenvalue weighted by atomic mass is 35.5. The first kappa shape index (κ1) is 14.8. The Bertz CT molecular complexity index is 423. The normalized spacial score (nSPS) is 13.2. The number of carbonyl (C=O) groups excluding carboxylic acids is 1. The Hall–Kier alpha value is -1.27. The molecule has 3 N–H and O–H groups in total. The highest BCUT2D eigenvalue weighted by Crippen LogP contribution is 2.36. The summed E-state index contributed by atoms with van der Waals surface area (Å²) in [4.78, 5) is 11.5. The molecule has 0 heterocycles. The van der Waals surface area contributed by atoms with Crippen molar-refractivity contribution in [2.24, 2.45) is 5.84 Å². The molecule has 7 heteroatoms. The Balaban J connectivity index is 3.24. The number of hydrazine groups is 1. The maximum absolute atomic E-state index is 12.8. The van der Waals surface area contributed by atoms with E-state index in [1.165, 1.54) is 18.2 Å². The molecule has 0 aliphatic heterocycles. The zero-order valence-electron chi connectivity index (χ0n) is 9.30. The number of nitrogens with two attached hydrogens (primary N) is 1. The lowest BCUT2D eigenvalue weighted by atomic mass is 9.91. The Labute approximate surface area is 107 Å². The molecule has 1 unspecified atom stereocenters. The van der Waals surface area contributed by atoms with Crippen LogP contribution >= 0.6 is 11.6 Å². The molecular formula is C11H12ClF3N2O. The molecule has 1 amide bonds. The molecule has 100 valence electrons. The first-order valence-electron chi connectivity index (χ1n) is 5.14. The van der Waals surface area contributed by atoms with E-state index in [1.807, 2.05) is 5.43 Å². The Morgan fingerprint density at radius 1 is 1.39 bits per heavy atom. The van der Waals surface area contributed by atoms with Gasteiger partial charge in [0.1, 0.15) is 0 Å². The average molecular weight is 281 g/mol. The summed E-state index contributed by atoms with van der Waals surface area (Å²) in [6.07, 6.45) is -4.44. The summed E-state index contributed by atoms with van der Waals surface area (Å²) < 4.78 is 38.5. The lowest BCUT2D eigenvalue weighted by Gasteiger charge is -2.19. The molecule has 0 bridgehead atoms. The first-order valence-corrected chi connectivity index (χ1v) is 5.67. The van der Waals surface area contributed by atoms with Gasteiger partial charge in [-0.15, -0.1) is 11.6 Å². The number of rotatable bonds is 4. The highest BCUT2D eigenvalue weighted by molar-refractivity contribution is 6.18. The number of carbonyl (C=O) groups is 1. The van der Waals surface area contributed by atoms with Crippen molar-refractivity contribution >= 4 is 17.5 Å². The topological polar surface area (TPSA) is 55.1 Å². The second-order valence-corrected chi connectivity index (χ2v) is 4.00. The predicted octanol–water partition coefficient (Wildman–Crippen LogP) is 2.41. The third kappa shape index (κ3) is 3.36. The molecule has 3 nitrogen and oxygen atoms in total. The molecular weight excluding hydrogens is 269 g/mol. The average Bonchev–Trinajstić information content (AvgIpc) is 2.34. The van der Waals surface area contributed by atoms with Crippen molar-refractivity contribution in [2.45, 2.75) is 18.5 Å². The molecule has 1 aromatic carbocycles. The molecule has 1 atom stereocenters. The Morgan fingerprint density at radius 2 is 2.00 bits per heavy atom. The SMILES string of the molecule is NNC(=O)C(CCCl)c1ccccc1C(F)(F)F. The highest BCUT2D eigenvalue weighted by Gasteiger charge is 2.36. The molecule has 0 fully saturated rings. The molecule has 18 heavy (non-hydrogen) atoms. The van der Waals surface area contributed by atoms with E-state index in [0.29, 0.717) is 0 Å². The lowest BCUT2D eigenvalue weighted by molar-refractivity contribution is -0.138. The molecule has 0 saturated carbocycles. The van der Waals surface area contributed by atoms with Crippen LogP contribution < -0.4 is 11.3 Å². The summed E-state index contributed by atoms with van der Waals surface area (Å²) in [5, 5.41) is 0. The van der Waals surface area contributed by atoms with E-state index in [1.54, 1.807) is 0 Å². The second-order valence-electron chi connectivity index (χ2n) is 3.62. The third-order valence-corrected chi connectivity index (χ3v) is 2.72. The number of nitrogens with one attached hydrogen (secondary N) is 1. The van der Waals surface area contributed by atoms with Crippen LogP contribution in [0.4, 0.5) is 13.2 Å². The summed E-state index contributed by atoms with van der Waals surface area (Å²) >= 11 is 5.51. The molecule has 0 aliphatic rings. The van der Waals surface area contributed by atoms with Gasteiger partial charge in [0.2, 0.25) is 5.91 Å². The molecule has 1 rings (SSSR count). The summed E-state index contributed by atoms with van der Waals surface area (Å²) in [6.45, 7) is 0. The van der Waals surface area contributed by atoms with Gasteiger partial charge in [0.15, 0.2) is 0 Å². The van der Waals surface area contributed by atoms with Gasteiger partial charge in [-0.05, 0) is 18.1 Å². The molecule has 1 aromatic rings. The Morgan fingerprint density at radius 3 is 2.50 bits per heavy atom. The smallest absolute Gasteiger partial charge is 0.294 e. The van der Waals surface area contributed by atoms with Crippen molar-refractivity contribution in [3.8, 4) is 0 Å². The van der Waals surface area contributed by atoms with Gasteiger partial charge in [-0.2, -0.15) is 13.2 Å². The van der Waals surface area contributed by atoms with Crippen LogP contribution in [0.5, 0.6) is 0 Å². The van der Waals surface area contributed by atoms with Crippen LogP contribution in [0.1, 0.15) is 23.5 Å². The van der Waals surface area contributed by atoms with Crippen molar-refractivity contribution in [1.29, 1.82) is 0 Å². The van der Waals surface area contributed by atoms with Crippen LogP contribution in [0.3, 0.4) is 0 Å². The zero-order chi connectivity index (χ0) is 13.8. The van der Waals surface area contributed by atoms with E-state index in [2.05, 4.69) is 0 Å². The summed E-state index contributed by atoms with van der Waals surface area (Å²) in [6, 6.07) is 4.90. The van der Waals surface area contributed by atoms with Crippen LogP contribution in [-0.2, 0) is 11.0 Å². The Kier molecular flexibility index (Phi) is 4.98. The van der Waals surface area contributed by atoms with E-state index in [-0.39, 0.29) is 17.9 Å². The quantitative estimate of drug-likeness (QED) is 0.385. The van der Waals surface area contributed by atoms with Gasteiger partial charge in [0.25, 0.3) is 0 Å². The van der Waals surface area contributed by atoms with Gasteiger partial charge < -0.3 is 0 Å². The van der Waals surface area contributed by atoms with Gasteiger partial charge in [0, 0.05) is 5.88 Å². The van der Waals surface area contributed by atoms with E-state index < -0.39 is 23.6 Å². The zero-order valence-corrected chi connectivity index (χ0v) is 10.1. The standard InChI is InChI=1S/C11H12ClF3N2O/c12-6-5-8(10(18)17-16)7-3-1-2-4-9(7)11(13,14)15/h1-4,8H,5-6,16H2,(H,17,18). The third-order valence-electron chi connectivity index (χ3n) is 2.50. The van der Waals surface area contributed by atoms with Gasteiger partial charge >= 0.3 is 6.18 Å². The van der Waals surface area contributed by atoms with E-state index in [4.69, 9.17) is 17.4 Å². The lowest BCUT2D eigenvalue weighted by Crippen LogP contribution is -2.35. The van der Waals surface area contributed by atoms with Crippen molar-refractivity contribution in [3.05, 3.63) is 35.4 Å². The summed E-state index contributed by atoms with van der Waals surface area (Å²) in [5.74, 6) is 3.34. The van der Waals surface area contributed by atoms with E-state index in [0.717, 1.165) is 6.07 Å². The van der Waals surface area contributed by atoms with Crippen LogP contribution in [-0.4, -0.2) is 11.8 Å². The number of amides is 1. The summed E-state index contributed by atoms with van der Waals surface area (Å²) in [7, 11) is 0. The largest absolute Gasteiger partial charge is 0.416 e. The molecule has 0 radical (unpaired) electrons. The number of alkyl halides is 4. The van der Waals surface area contributed by atoms with Gasteiger partial charge in [-0.25, -0.2) is 5.84 Å². The minimum absolute atomic E-state index is 0.0598. The van der Waals surface area contributed by atoms with Crippen molar-refractivity contribution < 1.29 is 18.0 Å². The number of hydrogen-bond acceptors (Lipinski definition) is 2. The number of hydrogen-bond donors (Lipinski definition) is 2. The molecule has 0 aromatic heterocycles. The minimum atomic E-state index is -4.52. The van der Waals surface area contributed by atoms with Crippen molar-refractivity contribution in [2.75, 3.05) is 5.88 Å². The van der Waals surface area contributed by atoms with Gasteiger partial charge in [-0.3, -0.25) is 10.2 Å². The first-order chi connectivity index (χ1) is 8.41. The summed E-state index contributed by atoms with van der Waals surface area (Å²) in [5.41, 5.74) is 0.901. The van der Waals surface area contributed by atoms with Gasteiger partial charge in [-0.1, -0.05) is 18.2 Å². The molecule has 0 spiro atoms. The van der Waals surface area contributed by atoms with Crippen LogP contribution in [0, 0.1) is 0 Å². The van der Waals surface area contributed by atoms with Crippen molar-refractivity contribution in [1.82, 2.24) is 5.43 Å². The van der Waals surface area contributed by atoms with Crippen LogP contribution in [0.2, 0.25) is 0 Å². The maximum atomic E-state index is 12.8. The fourth-order valence-corrected chi connectivity index (χ4v) is 1.91. The molecule has 0 aliphatic carbocycles. The van der Waals surface area contributed by atoms with E-state index >= 15 is 0 Å². The fraction of sp³-hybridized carbons (Fsp3) is 0.364. The second kappa shape index (κ2) is 6.06. The van der Waals surface area contributed by atoms with Crippen LogP contribution in [0.25, 0.3) is 0 Å². The van der Waals surface area contributed by atoms with Crippen LogP contribution in [0.15, 0.2) is 24.3 Å². The number of benzene rings is 1. The fourth-order valence-electron chi connectivity index (χ4n) is 1.70.